The fourth-order valence-corrected chi connectivity index (χ4v) is 3.07. The van der Waals surface area contributed by atoms with E-state index in [0.29, 0.717) is 0 Å². The molecule has 166 valence electrons. The molecular weight excluding hydrogens is 504 g/mol. The number of rotatable bonds is 9. The minimum atomic E-state index is -4.49. The lowest BCUT2D eigenvalue weighted by Crippen LogP contribution is -2.40. The zero-order chi connectivity index (χ0) is 22.7. The van der Waals surface area contributed by atoms with Gasteiger partial charge in [0.1, 0.15) is 17.9 Å². The van der Waals surface area contributed by atoms with Crippen molar-refractivity contribution in [1.29, 1.82) is 0 Å². The molecule has 2 aromatic carbocycles. The van der Waals surface area contributed by atoms with Crippen LogP contribution in [0, 0.1) is 0 Å². The normalized spacial score (nSPS) is 12.7. The van der Waals surface area contributed by atoms with Gasteiger partial charge in [-0.05, 0) is 30.3 Å². The number of benzene rings is 2. The van der Waals surface area contributed by atoms with Crippen molar-refractivity contribution in [2.45, 2.75) is 30.8 Å². The molecule has 0 N–H and O–H groups in total. The zero-order valence-electron chi connectivity index (χ0n) is 14.7. The highest BCUT2D eigenvalue weighted by atomic mass is 35.5. The zero-order valence-corrected chi connectivity index (χ0v) is 17.7. The lowest BCUT2D eigenvalue weighted by Gasteiger charge is -2.27. The number of hydrogen-bond donors (Lipinski definition) is 0. The van der Waals surface area contributed by atoms with E-state index in [4.69, 9.17) is 51.1 Å². The van der Waals surface area contributed by atoms with E-state index in [2.05, 4.69) is 4.74 Å². The van der Waals surface area contributed by atoms with E-state index in [1.54, 1.807) is 0 Å². The maximum atomic E-state index is 13.9. The van der Waals surface area contributed by atoms with E-state index in [1.165, 1.54) is 12.1 Å². The molecule has 2 nitrogen and oxygen atoms in total. The van der Waals surface area contributed by atoms with Gasteiger partial charge in [0.25, 0.3) is 11.8 Å². The first-order valence-corrected chi connectivity index (χ1v) is 9.55. The fraction of sp³-hybridized carbons (Fsp3) is 0.333. The number of alkyl halides is 6. The highest BCUT2D eigenvalue weighted by molar-refractivity contribution is 6.42. The summed E-state index contributed by atoms with van der Waals surface area (Å²) in [4.78, 5) is 0. The molecular formula is C18H12Cl4F6O2. The first kappa shape index (κ1) is 25.0. The molecule has 0 spiro atoms. The third-order valence-electron chi connectivity index (χ3n) is 3.47. The molecule has 0 amide bonds. The summed E-state index contributed by atoms with van der Waals surface area (Å²) < 4.78 is 92.4. The van der Waals surface area contributed by atoms with Gasteiger partial charge in [-0.2, -0.15) is 8.78 Å². The van der Waals surface area contributed by atoms with Crippen molar-refractivity contribution in [2.24, 2.45) is 0 Å². The van der Waals surface area contributed by atoms with E-state index >= 15 is 0 Å². The van der Waals surface area contributed by atoms with Crippen LogP contribution in [0.15, 0.2) is 36.4 Å². The Kier molecular flexibility index (Phi) is 7.94. The third-order valence-corrected chi connectivity index (χ3v) is 4.74. The Bertz CT molecular complexity index is 895. The SMILES string of the molecule is FC(F)(COc1ccc(Cl)cc1Cl)CC(F)(F)CC(F)(F)Oc1ccc(Cl)c(Cl)c1. The van der Waals surface area contributed by atoms with Crippen LogP contribution in [0.4, 0.5) is 26.3 Å². The molecule has 2 aromatic rings. The second-order valence-electron chi connectivity index (χ2n) is 6.24. The molecule has 0 bridgehead atoms. The summed E-state index contributed by atoms with van der Waals surface area (Å²) in [6.45, 7) is -1.51. The molecule has 0 aromatic heterocycles. The molecule has 0 aliphatic heterocycles. The Morgan fingerprint density at radius 1 is 0.700 bits per heavy atom. The molecule has 0 saturated carbocycles. The lowest BCUT2D eigenvalue weighted by atomic mass is 10.1. The molecule has 30 heavy (non-hydrogen) atoms. The topological polar surface area (TPSA) is 18.5 Å². The quantitative estimate of drug-likeness (QED) is 0.312. The van der Waals surface area contributed by atoms with Gasteiger partial charge in [-0.25, -0.2) is 17.6 Å². The highest BCUT2D eigenvalue weighted by Crippen LogP contribution is 2.40. The van der Waals surface area contributed by atoms with E-state index in [9.17, 15) is 26.3 Å². The van der Waals surface area contributed by atoms with Crippen LogP contribution in [-0.2, 0) is 0 Å². The van der Waals surface area contributed by atoms with E-state index in [1.807, 2.05) is 0 Å². The maximum Gasteiger partial charge on any atom is 0.403 e. The van der Waals surface area contributed by atoms with Gasteiger partial charge in [0.15, 0.2) is 6.61 Å². The van der Waals surface area contributed by atoms with Crippen molar-refractivity contribution in [1.82, 2.24) is 0 Å². The molecule has 0 saturated heterocycles. The van der Waals surface area contributed by atoms with Crippen LogP contribution in [0.3, 0.4) is 0 Å². The van der Waals surface area contributed by atoms with Crippen LogP contribution in [0.2, 0.25) is 20.1 Å². The minimum absolute atomic E-state index is 0.0260. The summed E-state index contributed by atoms with van der Waals surface area (Å²) in [5.41, 5.74) is 0. The van der Waals surface area contributed by atoms with Crippen LogP contribution in [0.5, 0.6) is 11.5 Å². The second-order valence-corrected chi connectivity index (χ2v) is 7.90. The van der Waals surface area contributed by atoms with Gasteiger partial charge in [0, 0.05) is 11.1 Å². The summed E-state index contributed by atoms with van der Waals surface area (Å²) >= 11 is 22.6. The van der Waals surface area contributed by atoms with Crippen LogP contribution < -0.4 is 9.47 Å². The Morgan fingerprint density at radius 2 is 1.37 bits per heavy atom. The van der Waals surface area contributed by atoms with Gasteiger partial charge in [-0.15, -0.1) is 0 Å². The van der Waals surface area contributed by atoms with E-state index in [0.717, 1.165) is 24.3 Å². The molecule has 0 atom stereocenters. The number of halogens is 10. The average molecular weight is 516 g/mol. The van der Waals surface area contributed by atoms with Crippen molar-refractivity contribution in [3.63, 3.8) is 0 Å². The van der Waals surface area contributed by atoms with Crippen molar-refractivity contribution in [3.8, 4) is 11.5 Å². The average Bonchev–Trinajstić information content (AvgIpc) is 2.55. The van der Waals surface area contributed by atoms with Gasteiger partial charge in [-0.1, -0.05) is 46.4 Å². The third kappa shape index (κ3) is 7.80. The van der Waals surface area contributed by atoms with E-state index in [-0.39, 0.29) is 25.8 Å². The Morgan fingerprint density at radius 3 is 1.97 bits per heavy atom. The smallest absolute Gasteiger partial charge is 0.403 e. The van der Waals surface area contributed by atoms with Crippen LogP contribution >= 0.6 is 46.4 Å². The summed E-state index contributed by atoms with van der Waals surface area (Å²) in [6, 6.07) is 6.62. The molecule has 0 heterocycles. The maximum absolute atomic E-state index is 13.9. The Labute approximate surface area is 187 Å². The standard InChI is InChI=1S/C18H12Cl4F6O2/c19-10-1-4-15(14(22)5-10)29-9-17(25,26)7-16(23,24)8-18(27,28)30-11-2-3-12(20)13(21)6-11/h1-6H,7-9H2. The summed E-state index contributed by atoms with van der Waals surface area (Å²) in [5, 5.41) is -0.0409. The van der Waals surface area contributed by atoms with Crippen molar-refractivity contribution in [2.75, 3.05) is 6.61 Å². The number of hydrogen-bond acceptors (Lipinski definition) is 2. The lowest BCUT2D eigenvalue weighted by molar-refractivity contribution is -0.234. The predicted molar refractivity (Wildman–Crippen MR) is 103 cm³/mol. The largest absolute Gasteiger partial charge is 0.486 e. The first-order valence-electron chi connectivity index (χ1n) is 8.03. The van der Waals surface area contributed by atoms with Crippen LogP contribution in [0.1, 0.15) is 12.8 Å². The second kappa shape index (κ2) is 9.51. The molecule has 0 radical (unpaired) electrons. The monoisotopic (exact) mass is 514 g/mol. The highest BCUT2D eigenvalue weighted by Gasteiger charge is 2.51. The Balaban J connectivity index is 1.99. The first-order chi connectivity index (χ1) is 13.7. The van der Waals surface area contributed by atoms with Crippen molar-refractivity contribution < 1.29 is 35.8 Å². The van der Waals surface area contributed by atoms with Gasteiger partial charge in [-0.3, -0.25) is 0 Å². The van der Waals surface area contributed by atoms with Gasteiger partial charge >= 0.3 is 6.11 Å². The predicted octanol–water partition coefficient (Wildman–Crippen LogP) is 8.40. The van der Waals surface area contributed by atoms with Crippen LogP contribution in [-0.4, -0.2) is 24.6 Å². The summed E-state index contributed by atoms with van der Waals surface area (Å²) in [5.74, 6) is -9.42. The van der Waals surface area contributed by atoms with E-state index < -0.39 is 43.2 Å². The minimum Gasteiger partial charge on any atom is -0.486 e. The van der Waals surface area contributed by atoms with Gasteiger partial charge < -0.3 is 9.47 Å². The molecule has 0 unspecified atom stereocenters. The van der Waals surface area contributed by atoms with Gasteiger partial charge in [0.2, 0.25) is 0 Å². The van der Waals surface area contributed by atoms with Crippen molar-refractivity contribution in [3.05, 3.63) is 56.5 Å². The molecule has 12 heteroatoms. The summed E-state index contributed by atoms with van der Waals surface area (Å²) in [7, 11) is 0. The Hall–Kier alpha value is -1.22. The van der Waals surface area contributed by atoms with Gasteiger partial charge in [0.05, 0.1) is 21.5 Å². The molecule has 2 rings (SSSR count). The number of ether oxygens (including phenoxy) is 2. The molecule has 0 aliphatic carbocycles. The summed E-state index contributed by atoms with van der Waals surface area (Å²) in [6.07, 6.45) is -8.96. The van der Waals surface area contributed by atoms with Crippen LogP contribution in [0.25, 0.3) is 0 Å². The molecule has 0 aliphatic rings. The molecule has 0 fully saturated rings. The van der Waals surface area contributed by atoms with Crippen molar-refractivity contribution >= 4 is 46.4 Å². The fourth-order valence-electron chi connectivity index (χ4n) is 2.32.